The first kappa shape index (κ1) is 14.9. The number of aliphatic hydroxyl groups is 1. The third-order valence-electron chi connectivity index (χ3n) is 1.46. The van der Waals surface area contributed by atoms with Crippen molar-refractivity contribution in [3.05, 3.63) is 0 Å². The Balaban J connectivity index is 0. The molecule has 0 heterocycles. The molecule has 0 aromatic rings. The van der Waals surface area contributed by atoms with Gasteiger partial charge in [-0.25, -0.2) is 0 Å². The summed E-state index contributed by atoms with van der Waals surface area (Å²) in [5, 5.41) is 11.2. The molecule has 0 saturated heterocycles. The van der Waals surface area contributed by atoms with Gasteiger partial charge < -0.3 is 10.4 Å². The van der Waals surface area contributed by atoms with Crippen molar-refractivity contribution in [2.45, 2.75) is 46.5 Å². The summed E-state index contributed by atoms with van der Waals surface area (Å²) in [7, 11) is 0. The summed E-state index contributed by atoms with van der Waals surface area (Å²) in [6.07, 6.45) is 4.02. The molecule has 3 heteroatoms. The zero-order valence-corrected chi connectivity index (χ0v) is 9.10. The molecule has 0 aromatic heterocycles. The highest BCUT2D eigenvalue weighted by Gasteiger charge is 1.90. The molecule has 13 heavy (non-hydrogen) atoms. The summed E-state index contributed by atoms with van der Waals surface area (Å²) in [5.41, 5.74) is 0. The summed E-state index contributed by atoms with van der Waals surface area (Å²) in [4.78, 5) is 10.4. The molecule has 0 rings (SSSR count). The van der Waals surface area contributed by atoms with Crippen LogP contribution in [0.2, 0.25) is 0 Å². The number of carbonyl (C=O) groups is 1. The molecular formula is C10H23NO2. The normalized spacial score (nSPS) is 8.62. The van der Waals surface area contributed by atoms with Crippen molar-refractivity contribution in [3.63, 3.8) is 0 Å². The smallest absolute Gasteiger partial charge is 0.216 e. The van der Waals surface area contributed by atoms with Crippen LogP contribution in [0.5, 0.6) is 0 Å². The number of hydrogen-bond donors (Lipinski definition) is 2. The summed E-state index contributed by atoms with van der Waals surface area (Å²) in [6.45, 7) is 6.56. The van der Waals surface area contributed by atoms with Gasteiger partial charge in [-0.15, -0.1) is 0 Å². The molecule has 0 atom stereocenters. The number of carbonyl (C=O) groups excluding carboxylic acids is 1. The van der Waals surface area contributed by atoms with Crippen molar-refractivity contribution in [1.82, 2.24) is 5.32 Å². The second kappa shape index (κ2) is 14.0. The fourth-order valence-electron chi connectivity index (χ4n) is 0.855. The predicted molar refractivity (Wildman–Crippen MR) is 55.6 cm³/mol. The molecule has 0 aliphatic carbocycles. The van der Waals surface area contributed by atoms with E-state index in [9.17, 15) is 4.79 Å². The fourth-order valence-corrected chi connectivity index (χ4v) is 0.855. The molecular weight excluding hydrogens is 166 g/mol. The van der Waals surface area contributed by atoms with E-state index in [0.29, 0.717) is 0 Å². The van der Waals surface area contributed by atoms with E-state index in [0.717, 1.165) is 32.2 Å². The number of rotatable bonds is 6. The van der Waals surface area contributed by atoms with Crippen molar-refractivity contribution < 1.29 is 9.90 Å². The summed E-state index contributed by atoms with van der Waals surface area (Å²) < 4.78 is 0. The van der Waals surface area contributed by atoms with Gasteiger partial charge in [-0.2, -0.15) is 0 Å². The Morgan fingerprint density at radius 3 is 2.15 bits per heavy atom. The molecule has 3 nitrogen and oxygen atoms in total. The number of nitrogens with one attached hydrogen (secondary N) is 1. The van der Waals surface area contributed by atoms with Crippen LogP contribution in [0.3, 0.4) is 0 Å². The van der Waals surface area contributed by atoms with Crippen LogP contribution in [-0.4, -0.2) is 24.2 Å². The van der Waals surface area contributed by atoms with Gasteiger partial charge >= 0.3 is 0 Å². The molecule has 0 aliphatic heterocycles. The van der Waals surface area contributed by atoms with Gasteiger partial charge in [0.15, 0.2) is 0 Å². The van der Waals surface area contributed by atoms with E-state index in [4.69, 9.17) is 5.11 Å². The second-order valence-electron chi connectivity index (χ2n) is 2.62. The van der Waals surface area contributed by atoms with Crippen LogP contribution >= 0.6 is 0 Å². The van der Waals surface area contributed by atoms with E-state index >= 15 is 0 Å². The second-order valence-corrected chi connectivity index (χ2v) is 2.62. The largest absolute Gasteiger partial charge is 0.396 e. The standard InChI is InChI=1S/C8H17NO2.C2H6/c1-8(11)9-6-4-2-3-5-7-10;1-2/h10H,2-7H2,1H3,(H,9,11);1-2H3. The minimum Gasteiger partial charge on any atom is -0.396 e. The Morgan fingerprint density at radius 2 is 1.69 bits per heavy atom. The molecule has 0 aromatic carbocycles. The van der Waals surface area contributed by atoms with Crippen LogP contribution in [0.25, 0.3) is 0 Å². The molecule has 80 valence electrons. The zero-order chi connectivity index (χ0) is 10.5. The zero-order valence-electron chi connectivity index (χ0n) is 9.10. The van der Waals surface area contributed by atoms with Gasteiger partial charge in [-0.05, 0) is 12.8 Å². The van der Waals surface area contributed by atoms with Crippen LogP contribution in [0.4, 0.5) is 0 Å². The van der Waals surface area contributed by atoms with Crippen LogP contribution in [0.15, 0.2) is 0 Å². The molecule has 0 spiro atoms. The highest BCUT2D eigenvalue weighted by molar-refractivity contribution is 5.72. The molecule has 1 amide bonds. The van der Waals surface area contributed by atoms with Gasteiger partial charge in [0.1, 0.15) is 0 Å². The maximum Gasteiger partial charge on any atom is 0.216 e. The van der Waals surface area contributed by atoms with Crippen molar-refractivity contribution in [3.8, 4) is 0 Å². The summed E-state index contributed by atoms with van der Waals surface area (Å²) >= 11 is 0. The Labute approximate surface area is 81.5 Å². The first-order chi connectivity index (χ1) is 6.27. The predicted octanol–water partition coefficient (Wildman–Crippen LogP) is 1.70. The molecule has 0 aliphatic rings. The van der Waals surface area contributed by atoms with Crippen molar-refractivity contribution in [2.24, 2.45) is 0 Å². The summed E-state index contributed by atoms with van der Waals surface area (Å²) in [6, 6.07) is 0. The van der Waals surface area contributed by atoms with Gasteiger partial charge in [0, 0.05) is 20.1 Å². The third kappa shape index (κ3) is 18.4. The van der Waals surface area contributed by atoms with Gasteiger partial charge in [-0.3, -0.25) is 4.79 Å². The quantitative estimate of drug-likeness (QED) is 0.625. The van der Waals surface area contributed by atoms with E-state index < -0.39 is 0 Å². The highest BCUT2D eigenvalue weighted by atomic mass is 16.2. The Hall–Kier alpha value is -0.570. The minimum atomic E-state index is 0.0344. The average Bonchev–Trinajstić information content (AvgIpc) is 2.14. The van der Waals surface area contributed by atoms with Crippen LogP contribution in [0, 0.1) is 0 Å². The Bertz CT molecular complexity index is 105. The number of aliphatic hydroxyl groups excluding tert-OH is 1. The van der Waals surface area contributed by atoms with Gasteiger partial charge in [0.25, 0.3) is 0 Å². The van der Waals surface area contributed by atoms with Gasteiger partial charge in [0.2, 0.25) is 5.91 Å². The van der Waals surface area contributed by atoms with E-state index in [1.165, 1.54) is 6.92 Å². The highest BCUT2D eigenvalue weighted by Crippen LogP contribution is 1.97. The minimum absolute atomic E-state index is 0.0344. The number of unbranched alkanes of at least 4 members (excludes halogenated alkanes) is 3. The molecule has 0 fully saturated rings. The van der Waals surface area contributed by atoms with E-state index in [1.807, 2.05) is 13.8 Å². The lowest BCUT2D eigenvalue weighted by Crippen LogP contribution is -2.20. The lowest BCUT2D eigenvalue weighted by atomic mass is 10.2. The molecule has 0 unspecified atom stereocenters. The first-order valence-electron chi connectivity index (χ1n) is 5.12. The Morgan fingerprint density at radius 1 is 1.15 bits per heavy atom. The number of amides is 1. The third-order valence-corrected chi connectivity index (χ3v) is 1.46. The first-order valence-corrected chi connectivity index (χ1v) is 5.12. The monoisotopic (exact) mass is 189 g/mol. The van der Waals surface area contributed by atoms with E-state index in [1.54, 1.807) is 0 Å². The maximum absolute atomic E-state index is 10.4. The Kier molecular flexibility index (Phi) is 16.1. The topological polar surface area (TPSA) is 49.3 Å². The molecule has 0 radical (unpaired) electrons. The van der Waals surface area contributed by atoms with Crippen molar-refractivity contribution in [1.29, 1.82) is 0 Å². The van der Waals surface area contributed by atoms with E-state index in [2.05, 4.69) is 5.32 Å². The van der Waals surface area contributed by atoms with Crippen LogP contribution < -0.4 is 5.32 Å². The van der Waals surface area contributed by atoms with Crippen molar-refractivity contribution in [2.75, 3.05) is 13.2 Å². The number of hydrogen-bond acceptors (Lipinski definition) is 2. The lowest BCUT2D eigenvalue weighted by Gasteiger charge is -2.00. The SMILES string of the molecule is CC.CC(=O)NCCCCCCO. The van der Waals surface area contributed by atoms with Crippen LogP contribution in [-0.2, 0) is 4.79 Å². The molecule has 2 N–H and O–H groups in total. The van der Waals surface area contributed by atoms with E-state index in [-0.39, 0.29) is 12.5 Å². The maximum atomic E-state index is 10.4. The van der Waals surface area contributed by atoms with Crippen molar-refractivity contribution >= 4 is 5.91 Å². The average molecular weight is 189 g/mol. The van der Waals surface area contributed by atoms with Gasteiger partial charge in [-0.1, -0.05) is 26.7 Å². The van der Waals surface area contributed by atoms with Gasteiger partial charge in [0.05, 0.1) is 0 Å². The lowest BCUT2D eigenvalue weighted by molar-refractivity contribution is -0.118. The van der Waals surface area contributed by atoms with Crippen LogP contribution in [0.1, 0.15) is 46.5 Å². The fraction of sp³-hybridized carbons (Fsp3) is 0.900. The summed E-state index contributed by atoms with van der Waals surface area (Å²) in [5.74, 6) is 0.0344. The molecule has 0 saturated carbocycles. The molecule has 0 bridgehead atoms.